The molecule has 7 heteroatoms. The molecule has 0 saturated carbocycles. The number of hydrogen-bond donors (Lipinski definition) is 1. The Kier molecular flexibility index (Phi) is 6.11. The van der Waals surface area contributed by atoms with Gasteiger partial charge in [0.2, 0.25) is 0 Å². The maximum atomic E-state index is 12.8. The number of rotatable bonds is 5. The van der Waals surface area contributed by atoms with Gasteiger partial charge in [-0.3, -0.25) is 14.7 Å². The number of nitrogens with zero attached hydrogens (tertiary/aromatic N) is 2. The van der Waals surface area contributed by atoms with E-state index in [0.29, 0.717) is 12.5 Å². The van der Waals surface area contributed by atoms with Crippen molar-refractivity contribution in [2.75, 3.05) is 19.6 Å². The molecule has 1 aliphatic heterocycles. The van der Waals surface area contributed by atoms with E-state index in [2.05, 4.69) is 15.2 Å². The minimum Gasteiger partial charge on any atom is -0.352 e. The fourth-order valence-electron chi connectivity index (χ4n) is 3.27. The lowest BCUT2D eigenvalue weighted by atomic mass is 9.96. The molecular formula is C20H22F3N3O. The smallest absolute Gasteiger partial charge is 0.352 e. The van der Waals surface area contributed by atoms with Crippen molar-refractivity contribution in [3.8, 4) is 0 Å². The van der Waals surface area contributed by atoms with Crippen LogP contribution in [0.2, 0.25) is 0 Å². The highest BCUT2D eigenvalue weighted by molar-refractivity contribution is 5.94. The maximum absolute atomic E-state index is 12.8. The Bertz CT molecular complexity index is 757. The van der Waals surface area contributed by atoms with Gasteiger partial charge in [0.25, 0.3) is 5.91 Å². The van der Waals surface area contributed by atoms with E-state index in [9.17, 15) is 18.0 Å². The second-order valence-electron chi connectivity index (χ2n) is 6.86. The van der Waals surface area contributed by atoms with Crippen molar-refractivity contribution >= 4 is 5.91 Å². The molecule has 0 spiro atoms. The third kappa shape index (κ3) is 5.53. The third-order valence-electron chi connectivity index (χ3n) is 4.87. The van der Waals surface area contributed by atoms with Crippen LogP contribution in [-0.2, 0) is 12.7 Å². The molecule has 2 heterocycles. The van der Waals surface area contributed by atoms with Gasteiger partial charge in [0.1, 0.15) is 0 Å². The van der Waals surface area contributed by atoms with Crippen molar-refractivity contribution in [1.29, 1.82) is 0 Å². The molecule has 1 amide bonds. The van der Waals surface area contributed by atoms with Crippen molar-refractivity contribution < 1.29 is 18.0 Å². The zero-order valence-electron chi connectivity index (χ0n) is 14.9. The largest absolute Gasteiger partial charge is 0.416 e. The molecule has 1 aliphatic rings. The Morgan fingerprint density at radius 3 is 2.52 bits per heavy atom. The van der Waals surface area contributed by atoms with Gasteiger partial charge in [-0.1, -0.05) is 6.07 Å². The minimum absolute atomic E-state index is 0.0416. The predicted molar refractivity (Wildman–Crippen MR) is 96.0 cm³/mol. The van der Waals surface area contributed by atoms with Crippen LogP contribution in [0.3, 0.4) is 0 Å². The van der Waals surface area contributed by atoms with Gasteiger partial charge in [-0.15, -0.1) is 0 Å². The topological polar surface area (TPSA) is 45.2 Å². The second-order valence-corrected chi connectivity index (χ2v) is 6.86. The highest BCUT2D eigenvalue weighted by atomic mass is 19.4. The predicted octanol–water partition coefficient (Wildman–Crippen LogP) is 3.74. The molecule has 0 unspecified atom stereocenters. The fraction of sp³-hybridized carbons (Fsp3) is 0.400. The summed E-state index contributed by atoms with van der Waals surface area (Å²) in [4.78, 5) is 18.6. The summed E-state index contributed by atoms with van der Waals surface area (Å²) in [6.07, 6.45) is 1.02. The minimum atomic E-state index is -4.45. The fourth-order valence-corrected chi connectivity index (χ4v) is 3.27. The van der Waals surface area contributed by atoms with Crippen LogP contribution in [0, 0.1) is 5.92 Å². The molecule has 3 rings (SSSR count). The molecule has 1 fully saturated rings. The maximum Gasteiger partial charge on any atom is 0.416 e. The highest BCUT2D eigenvalue weighted by Gasteiger charge is 2.31. The molecule has 4 nitrogen and oxygen atoms in total. The average Bonchev–Trinajstić information content (AvgIpc) is 2.67. The number of piperidine rings is 1. The van der Waals surface area contributed by atoms with E-state index in [-0.39, 0.29) is 5.56 Å². The van der Waals surface area contributed by atoms with Crippen LogP contribution in [0.5, 0.6) is 0 Å². The number of aromatic nitrogens is 1. The first-order valence-corrected chi connectivity index (χ1v) is 8.98. The summed E-state index contributed by atoms with van der Waals surface area (Å²) in [5.74, 6) is -0.117. The summed E-state index contributed by atoms with van der Waals surface area (Å²) in [7, 11) is 0. The van der Waals surface area contributed by atoms with Gasteiger partial charge in [-0.25, -0.2) is 0 Å². The Labute approximate surface area is 156 Å². The highest BCUT2D eigenvalue weighted by Crippen LogP contribution is 2.29. The van der Waals surface area contributed by atoms with Crippen molar-refractivity contribution in [1.82, 2.24) is 15.2 Å². The summed E-state index contributed by atoms with van der Waals surface area (Å²) >= 11 is 0. The van der Waals surface area contributed by atoms with Crippen LogP contribution in [-0.4, -0.2) is 35.4 Å². The monoisotopic (exact) mass is 377 g/mol. The lowest BCUT2D eigenvalue weighted by molar-refractivity contribution is -0.137. The van der Waals surface area contributed by atoms with Gasteiger partial charge < -0.3 is 5.32 Å². The van der Waals surface area contributed by atoms with E-state index in [1.165, 1.54) is 17.7 Å². The lowest BCUT2D eigenvalue weighted by Crippen LogP contribution is -2.38. The van der Waals surface area contributed by atoms with Crippen LogP contribution in [0.25, 0.3) is 0 Å². The first-order chi connectivity index (χ1) is 12.9. The molecule has 1 aromatic carbocycles. The van der Waals surface area contributed by atoms with E-state index in [0.717, 1.165) is 44.6 Å². The van der Waals surface area contributed by atoms with E-state index in [1.807, 2.05) is 12.1 Å². The summed E-state index contributed by atoms with van der Waals surface area (Å²) in [5.41, 5.74) is 0.459. The number of hydrogen-bond acceptors (Lipinski definition) is 3. The number of benzene rings is 1. The SMILES string of the molecule is O=C(NCC1CCN(Cc2ccncc2)CC1)c1cccc(C(F)(F)F)c1. The number of pyridine rings is 1. The van der Waals surface area contributed by atoms with Crippen LogP contribution in [0.15, 0.2) is 48.8 Å². The molecule has 0 bridgehead atoms. The number of halogens is 3. The Morgan fingerprint density at radius 1 is 1.15 bits per heavy atom. The number of carbonyl (C=O) groups excluding carboxylic acids is 1. The molecule has 1 N–H and O–H groups in total. The zero-order chi connectivity index (χ0) is 19.3. The molecule has 1 aromatic heterocycles. The van der Waals surface area contributed by atoms with Crippen molar-refractivity contribution in [3.05, 3.63) is 65.5 Å². The summed E-state index contributed by atoms with van der Waals surface area (Å²) in [6, 6.07) is 8.53. The van der Waals surface area contributed by atoms with Crippen molar-refractivity contribution in [2.24, 2.45) is 5.92 Å². The van der Waals surface area contributed by atoms with Gasteiger partial charge in [-0.2, -0.15) is 13.2 Å². The van der Waals surface area contributed by atoms with Gasteiger partial charge >= 0.3 is 6.18 Å². The first kappa shape index (κ1) is 19.4. The molecule has 0 aliphatic carbocycles. The number of amides is 1. The Hall–Kier alpha value is -2.41. The number of alkyl halides is 3. The van der Waals surface area contributed by atoms with Crippen LogP contribution >= 0.6 is 0 Å². The number of likely N-dealkylation sites (tertiary alicyclic amines) is 1. The summed E-state index contributed by atoms with van der Waals surface area (Å²) < 4.78 is 38.3. The van der Waals surface area contributed by atoms with Crippen molar-refractivity contribution in [3.63, 3.8) is 0 Å². The van der Waals surface area contributed by atoms with E-state index >= 15 is 0 Å². The first-order valence-electron chi connectivity index (χ1n) is 8.98. The standard InChI is InChI=1S/C20H22F3N3O/c21-20(22,23)18-3-1-2-17(12-18)19(27)25-13-15-6-10-26(11-7-15)14-16-4-8-24-9-5-16/h1-5,8-9,12,15H,6-7,10-11,13-14H2,(H,25,27). The Balaban J connectivity index is 1.45. The lowest BCUT2D eigenvalue weighted by Gasteiger charge is -2.32. The zero-order valence-corrected chi connectivity index (χ0v) is 14.9. The normalized spacial score (nSPS) is 16.3. The molecule has 2 aromatic rings. The number of carbonyl (C=O) groups is 1. The number of nitrogens with one attached hydrogen (secondary N) is 1. The average molecular weight is 377 g/mol. The quantitative estimate of drug-likeness (QED) is 0.863. The van der Waals surface area contributed by atoms with Crippen molar-refractivity contribution in [2.45, 2.75) is 25.6 Å². The molecule has 144 valence electrons. The van der Waals surface area contributed by atoms with Gasteiger partial charge in [0.15, 0.2) is 0 Å². The van der Waals surface area contributed by atoms with E-state index < -0.39 is 17.6 Å². The molecule has 0 radical (unpaired) electrons. The van der Waals surface area contributed by atoms with Gasteiger partial charge in [-0.05, 0) is 67.7 Å². The Morgan fingerprint density at radius 2 is 1.85 bits per heavy atom. The molecule has 27 heavy (non-hydrogen) atoms. The van der Waals surface area contributed by atoms with Crippen LogP contribution in [0.1, 0.15) is 34.3 Å². The van der Waals surface area contributed by atoms with Gasteiger partial charge in [0, 0.05) is 31.0 Å². The summed E-state index contributed by atoms with van der Waals surface area (Å²) in [5, 5.41) is 2.78. The van der Waals surface area contributed by atoms with Crippen LogP contribution < -0.4 is 5.32 Å². The molecule has 0 atom stereocenters. The molecular weight excluding hydrogens is 355 g/mol. The van der Waals surface area contributed by atoms with Crippen LogP contribution in [0.4, 0.5) is 13.2 Å². The third-order valence-corrected chi connectivity index (χ3v) is 4.87. The van der Waals surface area contributed by atoms with E-state index in [1.54, 1.807) is 12.4 Å². The van der Waals surface area contributed by atoms with E-state index in [4.69, 9.17) is 0 Å². The molecule has 1 saturated heterocycles. The summed E-state index contributed by atoms with van der Waals surface area (Å²) in [6.45, 7) is 3.24. The van der Waals surface area contributed by atoms with Gasteiger partial charge in [0.05, 0.1) is 5.56 Å². The second kappa shape index (κ2) is 8.52.